The molecule has 0 unspecified atom stereocenters. The average molecular weight is 335 g/mol. The zero-order chi connectivity index (χ0) is 17.8. The van der Waals surface area contributed by atoms with Crippen LogP contribution < -0.4 is 0 Å². The van der Waals surface area contributed by atoms with Crippen molar-refractivity contribution in [2.45, 2.75) is 76.3 Å². The third kappa shape index (κ3) is 9.22. The number of aliphatic hydroxyl groups is 5. The fourth-order valence-electron chi connectivity index (χ4n) is 2.30. The molecule has 138 valence electrons. The molecule has 7 nitrogen and oxygen atoms in total. The van der Waals surface area contributed by atoms with Crippen molar-refractivity contribution in [2.24, 2.45) is 0 Å². The Morgan fingerprint density at radius 2 is 1.43 bits per heavy atom. The fraction of sp³-hybridized carbons (Fsp3) is 0.938. The van der Waals surface area contributed by atoms with E-state index in [9.17, 15) is 25.2 Å². The Hall–Kier alpha value is -0.730. The lowest BCUT2D eigenvalue weighted by molar-refractivity contribution is -0.138. The maximum Gasteiger partial charge on any atom is 0.222 e. The summed E-state index contributed by atoms with van der Waals surface area (Å²) in [4.78, 5) is 13.2. The van der Waals surface area contributed by atoms with Crippen molar-refractivity contribution in [3.05, 3.63) is 0 Å². The van der Waals surface area contributed by atoms with Crippen molar-refractivity contribution in [3.63, 3.8) is 0 Å². The standard InChI is InChI=1S/C16H33NO6/c1-3-4-5-6-7-8-9-14(21)17(2)10-12(19)15(22)16(23)13(20)11-18/h12-13,15-16,18-20,22-23H,3-11H2,1-2H3/t12-,13+,15-,16+/m1/s1. The number of likely N-dealkylation sites (N-methyl/N-ethyl adjacent to an activating group) is 1. The van der Waals surface area contributed by atoms with E-state index in [0.717, 1.165) is 19.3 Å². The lowest BCUT2D eigenvalue weighted by Crippen LogP contribution is -2.49. The van der Waals surface area contributed by atoms with Crippen molar-refractivity contribution in [2.75, 3.05) is 20.2 Å². The van der Waals surface area contributed by atoms with Crippen molar-refractivity contribution >= 4 is 5.91 Å². The van der Waals surface area contributed by atoms with Crippen molar-refractivity contribution in [3.8, 4) is 0 Å². The summed E-state index contributed by atoms with van der Waals surface area (Å²) in [7, 11) is 1.52. The Morgan fingerprint density at radius 3 is 2.00 bits per heavy atom. The normalized spacial score (nSPS) is 16.7. The first kappa shape index (κ1) is 22.3. The SMILES string of the molecule is CCCCCCCCC(=O)N(C)C[C@@H](O)[C@@H](O)[C@@H](O)[C@@H](O)CO. The molecule has 0 bridgehead atoms. The van der Waals surface area contributed by atoms with Gasteiger partial charge in [0.25, 0.3) is 0 Å². The summed E-state index contributed by atoms with van der Waals surface area (Å²) >= 11 is 0. The molecule has 5 N–H and O–H groups in total. The van der Waals surface area contributed by atoms with Crippen LogP contribution in [0.5, 0.6) is 0 Å². The lowest BCUT2D eigenvalue weighted by Gasteiger charge is -2.28. The Balaban J connectivity index is 4.05. The quantitative estimate of drug-likeness (QED) is 0.293. The molecule has 1 amide bonds. The molecule has 0 aliphatic rings. The monoisotopic (exact) mass is 335 g/mol. The molecular formula is C16H33NO6. The van der Waals surface area contributed by atoms with Crippen LogP contribution in [0.4, 0.5) is 0 Å². The molecule has 7 heteroatoms. The van der Waals surface area contributed by atoms with E-state index < -0.39 is 31.0 Å². The minimum Gasteiger partial charge on any atom is -0.394 e. The number of hydrogen-bond acceptors (Lipinski definition) is 6. The van der Waals surface area contributed by atoms with E-state index in [1.807, 2.05) is 0 Å². The largest absolute Gasteiger partial charge is 0.394 e. The van der Waals surface area contributed by atoms with Gasteiger partial charge in [0.15, 0.2) is 0 Å². The first-order chi connectivity index (χ1) is 10.8. The topological polar surface area (TPSA) is 121 Å². The van der Waals surface area contributed by atoms with Crippen molar-refractivity contribution in [1.29, 1.82) is 0 Å². The van der Waals surface area contributed by atoms with Gasteiger partial charge < -0.3 is 30.4 Å². The van der Waals surface area contributed by atoms with Crippen LogP contribution in [0.15, 0.2) is 0 Å². The summed E-state index contributed by atoms with van der Waals surface area (Å²) in [5.41, 5.74) is 0. The van der Waals surface area contributed by atoms with Crippen molar-refractivity contribution < 1.29 is 30.3 Å². The predicted molar refractivity (Wildman–Crippen MR) is 86.7 cm³/mol. The molecule has 0 rings (SSSR count). The molecule has 0 aliphatic carbocycles. The number of aliphatic hydroxyl groups excluding tert-OH is 5. The van der Waals surface area contributed by atoms with Crippen LogP contribution in [0.2, 0.25) is 0 Å². The van der Waals surface area contributed by atoms with Gasteiger partial charge in [0.05, 0.1) is 6.61 Å². The third-order valence-electron chi connectivity index (χ3n) is 3.96. The highest BCUT2D eigenvalue weighted by atomic mass is 16.4. The fourth-order valence-corrected chi connectivity index (χ4v) is 2.30. The van der Waals surface area contributed by atoms with Gasteiger partial charge in [-0.05, 0) is 6.42 Å². The molecule has 0 aromatic rings. The number of carbonyl (C=O) groups is 1. The van der Waals surface area contributed by atoms with Crippen LogP contribution in [0.25, 0.3) is 0 Å². The highest BCUT2D eigenvalue weighted by Crippen LogP contribution is 2.10. The molecule has 0 saturated heterocycles. The van der Waals surface area contributed by atoms with Gasteiger partial charge in [-0.3, -0.25) is 4.79 Å². The second-order valence-corrected chi connectivity index (χ2v) is 6.09. The van der Waals surface area contributed by atoms with E-state index in [1.54, 1.807) is 0 Å². The molecule has 0 fully saturated rings. The van der Waals surface area contributed by atoms with Gasteiger partial charge in [-0.2, -0.15) is 0 Å². The Bertz CT molecular complexity index is 315. The second kappa shape index (κ2) is 12.7. The first-order valence-electron chi connectivity index (χ1n) is 8.42. The zero-order valence-corrected chi connectivity index (χ0v) is 14.3. The summed E-state index contributed by atoms with van der Waals surface area (Å²) in [6, 6.07) is 0. The molecule has 0 aromatic carbocycles. The maximum atomic E-state index is 11.9. The van der Waals surface area contributed by atoms with E-state index >= 15 is 0 Å². The Labute approximate surface area is 138 Å². The molecule has 0 radical (unpaired) electrons. The summed E-state index contributed by atoms with van der Waals surface area (Å²) in [6.07, 6.45) is 0.593. The molecule has 0 aromatic heterocycles. The molecular weight excluding hydrogens is 302 g/mol. The second-order valence-electron chi connectivity index (χ2n) is 6.09. The third-order valence-corrected chi connectivity index (χ3v) is 3.96. The molecule has 23 heavy (non-hydrogen) atoms. The molecule has 0 heterocycles. The van der Waals surface area contributed by atoms with E-state index in [0.29, 0.717) is 6.42 Å². The predicted octanol–water partition coefficient (Wildman–Crippen LogP) is -0.369. The van der Waals surface area contributed by atoms with Crippen LogP contribution in [-0.4, -0.2) is 81.0 Å². The van der Waals surface area contributed by atoms with Crippen LogP contribution in [0.3, 0.4) is 0 Å². The molecule has 0 aliphatic heterocycles. The number of unbranched alkanes of at least 4 members (excludes halogenated alkanes) is 5. The van der Waals surface area contributed by atoms with E-state index in [4.69, 9.17) is 5.11 Å². The lowest BCUT2D eigenvalue weighted by atomic mass is 10.0. The van der Waals surface area contributed by atoms with Crippen LogP contribution in [0.1, 0.15) is 51.9 Å². The van der Waals surface area contributed by atoms with Crippen LogP contribution >= 0.6 is 0 Å². The van der Waals surface area contributed by atoms with Gasteiger partial charge in [0.1, 0.15) is 24.4 Å². The molecule has 4 atom stereocenters. The number of hydrogen-bond donors (Lipinski definition) is 5. The summed E-state index contributed by atoms with van der Waals surface area (Å²) in [5.74, 6) is -0.135. The van der Waals surface area contributed by atoms with Crippen LogP contribution in [-0.2, 0) is 4.79 Å². The summed E-state index contributed by atoms with van der Waals surface area (Å²) in [6.45, 7) is 1.28. The van der Waals surface area contributed by atoms with Gasteiger partial charge in [-0.1, -0.05) is 39.0 Å². The van der Waals surface area contributed by atoms with E-state index in [2.05, 4.69) is 6.92 Å². The van der Waals surface area contributed by atoms with Crippen LogP contribution in [0, 0.1) is 0 Å². The van der Waals surface area contributed by atoms with Gasteiger partial charge >= 0.3 is 0 Å². The zero-order valence-electron chi connectivity index (χ0n) is 14.3. The summed E-state index contributed by atoms with van der Waals surface area (Å²) < 4.78 is 0. The minimum atomic E-state index is -1.67. The number of nitrogens with zero attached hydrogens (tertiary/aromatic N) is 1. The Morgan fingerprint density at radius 1 is 0.913 bits per heavy atom. The maximum absolute atomic E-state index is 11.9. The smallest absolute Gasteiger partial charge is 0.222 e. The molecule has 0 saturated carbocycles. The van der Waals surface area contributed by atoms with Gasteiger partial charge in [0, 0.05) is 20.0 Å². The summed E-state index contributed by atoms with van der Waals surface area (Å²) in [5, 5.41) is 47.0. The average Bonchev–Trinajstić information content (AvgIpc) is 2.55. The first-order valence-corrected chi connectivity index (χ1v) is 8.42. The van der Waals surface area contributed by atoms with E-state index in [1.165, 1.54) is 31.2 Å². The van der Waals surface area contributed by atoms with E-state index in [-0.39, 0.29) is 12.5 Å². The number of carbonyl (C=O) groups excluding carboxylic acids is 1. The highest BCUT2D eigenvalue weighted by molar-refractivity contribution is 5.75. The number of rotatable bonds is 13. The highest BCUT2D eigenvalue weighted by Gasteiger charge is 2.31. The van der Waals surface area contributed by atoms with Gasteiger partial charge in [-0.15, -0.1) is 0 Å². The number of amides is 1. The van der Waals surface area contributed by atoms with Gasteiger partial charge in [-0.25, -0.2) is 0 Å². The minimum absolute atomic E-state index is 0.135. The van der Waals surface area contributed by atoms with Gasteiger partial charge in [0.2, 0.25) is 5.91 Å². The van der Waals surface area contributed by atoms with Crippen molar-refractivity contribution in [1.82, 2.24) is 4.90 Å². The Kier molecular flexibility index (Phi) is 12.3. The molecule has 0 spiro atoms.